The molecule has 0 aliphatic rings. The van der Waals surface area contributed by atoms with Gasteiger partial charge in [0.25, 0.3) is 0 Å². The summed E-state index contributed by atoms with van der Waals surface area (Å²) in [5.74, 6) is 0. The average Bonchev–Trinajstić information content (AvgIpc) is 2.54. The summed E-state index contributed by atoms with van der Waals surface area (Å²) in [5, 5.41) is 0.678. The number of hydrogen-bond donors (Lipinski definition) is 1. The zero-order valence-corrected chi connectivity index (χ0v) is 10.5. The lowest BCUT2D eigenvalue weighted by Gasteiger charge is -2.01. The minimum atomic E-state index is 0.678. The summed E-state index contributed by atoms with van der Waals surface area (Å²) in [7, 11) is 0. The van der Waals surface area contributed by atoms with Gasteiger partial charge in [0, 0.05) is 4.88 Å². The third-order valence-electron chi connectivity index (χ3n) is 2.64. The summed E-state index contributed by atoms with van der Waals surface area (Å²) < 4.78 is 0. The van der Waals surface area contributed by atoms with E-state index in [0.717, 1.165) is 18.5 Å². The van der Waals surface area contributed by atoms with Gasteiger partial charge in [-0.15, -0.1) is 11.3 Å². The highest BCUT2D eigenvalue weighted by Crippen LogP contribution is 2.20. The lowest BCUT2D eigenvalue weighted by atomic mass is 10.1. The van der Waals surface area contributed by atoms with Crippen molar-refractivity contribution in [2.45, 2.75) is 26.7 Å². The van der Waals surface area contributed by atoms with Crippen molar-refractivity contribution < 1.29 is 0 Å². The number of nitrogens with zero attached hydrogens (tertiary/aromatic N) is 1. The molecule has 0 aliphatic heterocycles. The Morgan fingerprint density at radius 3 is 2.69 bits per heavy atom. The molecule has 1 heterocycles. The molecule has 0 saturated carbocycles. The SMILES string of the molecule is Cc1cccc(CCc2nc(N)sc2C)c1. The molecule has 0 fully saturated rings. The summed E-state index contributed by atoms with van der Waals surface area (Å²) in [6.07, 6.45) is 2.01. The van der Waals surface area contributed by atoms with Gasteiger partial charge in [0.2, 0.25) is 0 Å². The molecule has 1 aromatic heterocycles. The maximum atomic E-state index is 5.68. The van der Waals surface area contributed by atoms with Crippen molar-refractivity contribution in [2.75, 3.05) is 5.73 Å². The highest BCUT2D eigenvalue weighted by molar-refractivity contribution is 7.15. The Morgan fingerprint density at radius 2 is 2.06 bits per heavy atom. The third kappa shape index (κ3) is 2.61. The van der Waals surface area contributed by atoms with Crippen LogP contribution in [0.25, 0.3) is 0 Å². The lowest BCUT2D eigenvalue weighted by Crippen LogP contribution is -1.94. The molecular weight excluding hydrogens is 216 g/mol. The minimum absolute atomic E-state index is 0.678. The number of nitrogen functional groups attached to an aromatic ring is 1. The number of rotatable bonds is 3. The number of thiazole rings is 1. The quantitative estimate of drug-likeness (QED) is 0.883. The summed E-state index contributed by atoms with van der Waals surface area (Å²) >= 11 is 1.57. The van der Waals surface area contributed by atoms with Crippen LogP contribution in [0.15, 0.2) is 24.3 Å². The van der Waals surface area contributed by atoms with Gasteiger partial charge in [-0.05, 0) is 32.3 Å². The fourth-order valence-electron chi connectivity index (χ4n) is 1.81. The Kier molecular flexibility index (Phi) is 3.25. The van der Waals surface area contributed by atoms with Gasteiger partial charge in [-0.2, -0.15) is 0 Å². The monoisotopic (exact) mass is 232 g/mol. The maximum Gasteiger partial charge on any atom is 0.180 e. The van der Waals surface area contributed by atoms with Gasteiger partial charge in [0.15, 0.2) is 5.13 Å². The molecule has 3 heteroatoms. The number of aryl methyl sites for hydroxylation is 4. The first-order valence-corrected chi connectivity index (χ1v) is 6.24. The standard InChI is InChI=1S/C13H16N2S/c1-9-4-3-5-11(8-9)6-7-12-10(2)16-13(14)15-12/h3-5,8H,6-7H2,1-2H3,(H2,14,15). The Morgan fingerprint density at radius 1 is 1.25 bits per heavy atom. The molecule has 0 aliphatic carbocycles. The second-order valence-corrected chi connectivity index (χ2v) is 5.28. The molecule has 0 atom stereocenters. The van der Waals surface area contributed by atoms with E-state index in [1.165, 1.54) is 16.0 Å². The van der Waals surface area contributed by atoms with Crippen molar-refractivity contribution in [1.29, 1.82) is 0 Å². The molecule has 16 heavy (non-hydrogen) atoms. The molecule has 1 aromatic carbocycles. The highest BCUT2D eigenvalue weighted by Gasteiger charge is 2.05. The summed E-state index contributed by atoms with van der Waals surface area (Å²) in [5.41, 5.74) is 9.50. The Bertz CT molecular complexity index is 488. The van der Waals surface area contributed by atoms with Crippen LogP contribution < -0.4 is 5.73 Å². The van der Waals surface area contributed by atoms with Crippen LogP contribution in [-0.4, -0.2) is 4.98 Å². The second kappa shape index (κ2) is 4.66. The lowest BCUT2D eigenvalue weighted by molar-refractivity contribution is 0.917. The van der Waals surface area contributed by atoms with E-state index in [2.05, 4.69) is 43.1 Å². The van der Waals surface area contributed by atoms with Crippen molar-refractivity contribution >= 4 is 16.5 Å². The van der Waals surface area contributed by atoms with E-state index in [-0.39, 0.29) is 0 Å². The van der Waals surface area contributed by atoms with Crippen LogP contribution in [0.3, 0.4) is 0 Å². The number of anilines is 1. The summed E-state index contributed by atoms with van der Waals surface area (Å²) in [4.78, 5) is 5.58. The predicted octanol–water partition coefficient (Wildman–Crippen LogP) is 3.13. The third-order valence-corrected chi connectivity index (χ3v) is 3.48. The van der Waals surface area contributed by atoms with Gasteiger partial charge in [-0.1, -0.05) is 29.8 Å². The van der Waals surface area contributed by atoms with E-state index in [4.69, 9.17) is 5.73 Å². The van der Waals surface area contributed by atoms with Gasteiger partial charge in [-0.3, -0.25) is 0 Å². The van der Waals surface area contributed by atoms with Crippen molar-refractivity contribution in [3.8, 4) is 0 Å². The zero-order valence-electron chi connectivity index (χ0n) is 9.66. The van der Waals surface area contributed by atoms with Gasteiger partial charge in [-0.25, -0.2) is 4.98 Å². The van der Waals surface area contributed by atoms with Crippen molar-refractivity contribution in [3.63, 3.8) is 0 Å². The van der Waals surface area contributed by atoms with E-state index in [1.54, 1.807) is 11.3 Å². The first-order valence-electron chi connectivity index (χ1n) is 5.42. The molecule has 0 radical (unpaired) electrons. The molecule has 2 nitrogen and oxygen atoms in total. The molecule has 2 rings (SSSR count). The molecular formula is C13H16N2S. The van der Waals surface area contributed by atoms with Crippen LogP contribution in [-0.2, 0) is 12.8 Å². The molecule has 0 spiro atoms. The van der Waals surface area contributed by atoms with E-state index in [0.29, 0.717) is 5.13 Å². The van der Waals surface area contributed by atoms with Crippen LogP contribution in [0.1, 0.15) is 21.7 Å². The zero-order chi connectivity index (χ0) is 11.5. The van der Waals surface area contributed by atoms with Crippen LogP contribution in [0, 0.1) is 13.8 Å². The maximum absolute atomic E-state index is 5.68. The van der Waals surface area contributed by atoms with Gasteiger partial charge in [0.05, 0.1) is 5.69 Å². The number of benzene rings is 1. The number of nitrogens with two attached hydrogens (primary N) is 1. The topological polar surface area (TPSA) is 38.9 Å². The number of aromatic nitrogens is 1. The Hall–Kier alpha value is -1.35. The van der Waals surface area contributed by atoms with E-state index in [9.17, 15) is 0 Å². The first kappa shape index (κ1) is 11.1. The van der Waals surface area contributed by atoms with Crippen molar-refractivity contribution in [2.24, 2.45) is 0 Å². The smallest absolute Gasteiger partial charge is 0.180 e. The molecule has 0 unspecified atom stereocenters. The second-order valence-electron chi connectivity index (χ2n) is 4.04. The number of hydrogen-bond acceptors (Lipinski definition) is 3. The van der Waals surface area contributed by atoms with Gasteiger partial charge >= 0.3 is 0 Å². The van der Waals surface area contributed by atoms with Crippen molar-refractivity contribution in [1.82, 2.24) is 4.98 Å². The molecule has 84 valence electrons. The Balaban J connectivity index is 2.05. The highest BCUT2D eigenvalue weighted by atomic mass is 32.1. The first-order chi connectivity index (χ1) is 7.65. The average molecular weight is 232 g/mol. The minimum Gasteiger partial charge on any atom is -0.375 e. The molecule has 0 amide bonds. The predicted molar refractivity (Wildman–Crippen MR) is 69.9 cm³/mol. The van der Waals surface area contributed by atoms with E-state index in [1.807, 2.05) is 0 Å². The van der Waals surface area contributed by atoms with Crippen LogP contribution >= 0.6 is 11.3 Å². The van der Waals surface area contributed by atoms with Gasteiger partial charge in [0.1, 0.15) is 0 Å². The van der Waals surface area contributed by atoms with E-state index >= 15 is 0 Å². The van der Waals surface area contributed by atoms with Gasteiger partial charge < -0.3 is 5.73 Å². The van der Waals surface area contributed by atoms with Crippen molar-refractivity contribution in [3.05, 3.63) is 46.0 Å². The van der Waals surface area contributed by atoms with Crippen LogP contribution in [0.4, 0.5) is 5.13 Å². The molecule has 0 saturated heterocycles. The molecule has 0 bridgehead atoms. The van der Waals surface area contributed by atoms with E-state index < -0.39 is 0 Å². The Labute approximate surface area is 100 Å². The molecule has 2 aromatic rings. The normalized spacial score (nSPS) is 10.6. The summed E-state index contributed by atoms with van der Waals surface area (Å²) in [6.45, 7) is 4.20. The fourth-order valence-corrected chi connectivity index (χ4v) is 2.55. The molecule has 2 N–H and O–H groups in total. The van der Waals surface area contributed by atoms with Crippen LogP contribution in [0.5, 0.6) is 0 Å². The largest absolute Gasteiger partial charge is 0.375 e. The van der Waals surface area contributed by atoms with Crippen LogP contribution in [0.2, 0.25) is 0 Å². The fraction of sp³-hybridized carbons (Fsp3) is 0.308. The summed E-state index contributed by atoms with van der Waals surface area (Å²) in [6, 6.07) is 8.62.